The van der Waals surface area contributed by atoms with Gasteiger partial charge in [0, 0.05) is 6.42 Å². The molecule has 0 spiro atoms. The van der Waals surface area contributed by atoms with Crippen molar-refractivity contribution in [3.05, 3.63) is 24.3 Å². The lowest BCUT2D eigenvalue weighted by atomic mass is 10.0. The number of carbonyl (C=O) groups is 1. The SMILES string of the molecule is CCCCCCCC=CCC=CCCCCCCCCCCCCCCC(=O)O. The van der Waals surface area contributed by atoms with Gasteiger partial charge in [0.25, 0.3) is 0 Å². The predicted octanol–water partition coefficient (Wildman–Crippen LogP) is 9.40. The molecule has 0 aliphatic carbocycles. The molecule has 0 aromatic carbocycles. The van der Waals surface area contributed by atoms with Crippen LogP contribution in [0.25, 0.3) is 0 Å². The van der Waals surface area contributed by atoms with E-state index in [9.17, 15) is 4.79 Å². The van der Waals surface area contributed by atoms with Crippen molar-refractivity contribution in [2.24, 2.45) is 0 Å². The van der Waals surface area contributed by atoms with Crippen LogP contribution in [-0.4, -0.2) is 11.1 Å². The van der Waals surface area contributed by atoms with Crippen LogP contribution in [0.2, 0.25) is 0 Å². The molecule has 0 amide bonds. The summed E-state index contributed by atoms with van der Waals surface area (Å²) < 4.78 is 0. The standard InChI is InChI=1S/C27H50O2/c1-2-3-4-5-6-7-8-9-10-11-12-13-14-15-16-17-18-19-20-21-22-23-24-25-26-27(28)29/h8-9,11-12H,2-7,10,13-26H2,1H3,(H,28,29). The van der Waals surface area contributed by atoms with E-state index in [0.29, 0.717) is 6.42 Å². The fraction of sp³-hybridized carbons (Fsp3) is 0.815. The van der Waals surface area contributed by atoms with E-state index in [1.165, 1.54) is 109 Å². The maximum Gasteiger partial charge on any atom is 0.303 e. The summed E-state index contributed by atoms with van der Waals surface area (Å²) in [5.41, 5.74) is 0. The van der Waals surface area contributed by atoms with E-state index >= 15 is 0 Å². The Bertz CT molecular complexity index is 384. The number of allylic oxidation sites excluding steroid dienone is 4. The third kappa shape index (κ3) is 26.9. The number of rotatable bonds is 23. The fourth-order valence-corrected chi connectivity index (χ4v) is 3.68. The van der Waals surface area contributed by atoms with Gasteiger partial charge in [0.05, 0.1) is 0 Å². The maximum absolute atomic E-state index is 10.4. The normalized spacial score (nSPS) is 11.8. The van der Waals surface area contributed by atoms with E-state index in [1.54, 1.807) is 0 Å². The average Bonchev–Trinajstić information content (AvgIpc) is 2.71. The number of hydrogen-bond donors (Lipinski definition) is 1. The van der Waals surface area contributed by atoms with Crippen molar-refractivity contribution in [1.29, 1.82) is 0 Å². The summed E-state index contributed by atoms with van der Waals surface area (Å²) >= 11 is 0. The lowest BCUT2D eigenvalue weighted by molar-refractivity contribution is -0.137. The van der Waals surface area contributed by atoms with Crippen LogP contribution < -0.4 is 0 Å². The molecule has 0 aromatic rings. The molecule has 0 atom stereocenters. The molecular formula is C27H50O2. The highest BCUT2D eigenvalue weighted by Gasteiger charge is 1.97. The number of carboxylic acids is 1. The minimum atomic E-state index is -0.656. The van der Waals surface area contributed by atoms with Crippen LogP contribution in [-0.2, 0) is 4.79 Å². The van der Waals surface area contributed by atoms with Crippen LogP contribution in [0.1, 0.15) is 142 Å². The number of hydrogen-bond acceptors (Lipinski definition) is 1. The van der Waals surface area contributed by atoms with E-state index in [-0.39, 0.29) is 0 Å². The Balaban J connectivity index is 3.14. The Kier molecular flexibility index (Phi) is 24.1. The van der Waals surface area contributed by atoms with Gasteiger partial charge in [0.15, 0.2) is 0 Å². The number of carboxylic acid groups (broad SMARTS) is 1. The highest BCUT2D eigenvalue weighted by atomic mass is 16.4. The number of aliphatic carboxylic acids is 1. The van der Waals surface area contributed by atoms with Crippen LogP contribution >= 0.6 is 0 Å². The highest BCUT2D eigenvalue weighted by Crippen LogP contribution is 2.13. The smallest absolute Gasteiger partial charge is 0.303 e. The van der Waals surface area contributed by atoms with Crippen LogP contribution in [0.3, 0.4) is 0 Å². The molecule has 2 heteroatoms. The second-order valence-electron chi connectivity index (χ2n) is 8.56. The zero-order valence-electron chi connectivity index (χ0n) is 19.5. The minimum Gasteiger partial charge on any atom is -0.481 e. The molecule has 0 rings (SSSR count). The third-order valence-corrected chi connectivity index (χ3v) is 5.59. The molecule has 0 aliphatic heterocycles. The van der Waals surface area contributed by atoms with Crippen molar-refractivity contribution >= 4 is 5.97 Å². The van der Waals surface area contributed by atoms with Gasteiger partial charge in [-0.15, -0.1) is 0 Å². The largest absolute Gasteiger partial charge is 0.481 e. The molecule has 0 radical (unpaired) electrons. The fourth-order valence-electron chi connectivity index (χ4n) is 3.68. The van der Waals surface area contributed by atoms with Crippen molar-refractivity contribution < 1.29 is 9.90 Å². The maximum atomic E-state index is 10.4. The topological polar surface area (TPSA) is 37.3 Å². The molecule has 0 heterocycles. The quantitative estimate of drug-likeness (QED) is 0.135. The van der Waals surface area contributed by atoms with Gasteiger partial charge in [-0.1, -0.05) is 121 Å². The lowest BCUT2D eigenvalue weighted by Gasteiger charge is -2.02. The molecule has 29 heavy (non-hydrogen) atoms. The first-order chi connectivity index (χ1) is 14.3. The molecular weight excluding hydrogens is 356 g/mol. The average molecular weight is 407 g/mol. The molecule has 0 saturated heterocycles. The summed E-state index contributed by atoms with van der Waals surface area (Å²) in [5, 5.41) is 8.59. The van der Waals surface area contributed by atoms with Crippen molar-refractivity contribution in [2.75, 3.05) is 0 Å². The zero-order chi connectivity index (χ0) is 21.3. The molecule has 170 valence electrons. The molecule has 0 unspecified atom stereocenters. The van der Waals surface area contributed by atoms with E-state index in [4.69, 9.17) is 5.11 Å². The monoisotopic (exact) mass is 406 g/mol. The van der Waals surface area contributed by atoms with Crippen molar-refractivity contribution in [1.82, 2.24) is 0 Å². The van der Waals surface area contributed by atoms with E-state index in [1.807, 2.05) is 0 Å². The Labute approximate surface area is 182 Å². The Morgan fingerprint density at radius 3 is 1.34 bits per heavy atom. The summed E-state index contributed by atoms with van der Waals surface area (Å²) in [7, 11) is 0. The Morgan fingerprint density at radius 1 is 0.552 bits per heavy atom. The molecule has 0 aliphatic rings. The van der Waals surface area contributed by atoms with Gasteiger partial charge < -0.3 is 5.11 Å². The summed E-state index contributed by atoms with van der Waals surface area (Å²) in [4.78, 5) is 10.4. The summed E-state index contributed by atoms with van der Waals surface area (Å²) in [5.74, 6) is -0.656. The van der Waals surface area contributed by atoms with Crippen LogP contribution in [0.15, 0.2) is 24.3 Å². The predicted molar refractivity (Wildman–Crippen MR) is 129 cm³/mol. The first-order valence-electron chi connectivity index (χ1n) is 12.8. The third-order valence-electron chi connectivity index (χ3n) is 5.59. The summed E-state index contributed by atoms with van der Waals surface area (Å²) in [6.07, 6.45) is 35.5. The molecule has 0 saturated carbocycles. The Hall–Kier alpha value is -1.05. The second-order valence-corrected chi connectivity index (χ2v) is 8.56. The lowest BCUT2D eigenvalue weighted by Crippen LogP contribution is -1.93. The first kappa shape index (κ1) is 27.9. The van der Waals surface area contributed by atoms with Gasteiger partial charge in [-0.2, -0.15) is 0 Å². The minimum absolute atomic E-state index is 0.339. The highest BCUT2D eigenvalue weighted by molar-refractivity contribution is 5.66. The molecule has 0 fully saturated rings. The van der Waals surface area contributed by atoms with Gasteiger partial charge in [-0.3, -0.25) is 4.79 Å². The molecule has 2 nitrogen and oxygen atoms in total. The van der Waals surface area contributed by atoms with E-state index in [2.05, 4.69) is 31.2 Å². The van der Waals surface area contributed by atoms with Gasteiger partial charge >= 0.3 is 5.97 Å². The number of unbranched alkanes of at least 4 members (excludes halogenated alkanes) is 17. The van der Waals surface area contributed by atoms with Crippen molar-refractivity contribution in [2.45, 2.75) is 142 Å². The van der Waals surface area contributed by atoms with Crippen molar-refractivity contribution in [3.63, 3.8) is 0 Å². The Morgan fingerprint density at radius 2 is 0.931 bits per heavy atom. The van der Waals surface area contributed by atoms with Gasteiger partial charge in [-0.05, 0) is 38.5 Å². The van der Waals surface area contributed by atoms with Crippen LogP contribution in [0, 0.1) is 0 Å². The van der Waals surface area contributed by atoms with Gasteiger partial charge in [0.2, 0.25) is 0 Å². The van der Waals surface area contributed by atoms with E-state index < -0.39 is 5.97 Å². The van der Waals surface area contributed by atoms with Crippen LogP contribution in [0.4, 0.5) is 0 Å². The first-order valence-corrected chi connectivity index (χ1v) is 12.8. The second kappa shape index (κ2) is 25.0. The van der Waals surface area contributed by atoms with Gasteiger partial charge in [-0.25, -0.2) is 0 Å². The summed E-state index contributed by atoms with van der Waals surface area (Å²) in [6.45, 7) is 2.27. The summed E-state index contributed by atoms with van der Waals surface area (Å²) in [6, 6.07) is 0. The van der Waals surface area contributed by atoms with Crippen LogP contribution in [0.5, 0.6) is 0 Å². The van der Waals surface area contributed by atoms with E-state index in [0.717, 1.165) is 19.3 Å². The molecule has 1 N–H and O–H groups in total. The zero-order valence-corrected chi connectivity index (χ0v) is 19.5. The molecule has 0 aromatic heterocycles. The van der Waals surface area contributed by atoms with Crippen molar-refractivity contribution in [3.8, 4) is 0 Å². The van der Waals surface area contributed by atoms with Gasteiger partial charge in [0.1, 0.15) is 0 Å². The molecule has 0 bridgehead atoms.